The molecular formula is C23H26FN3O5S. The zero-order valence-electron chi connectivity index (χ0n) is 18.3. The Bertz CT molecular complexity index is 1200. The number of hydrogen-bond acceptors (Lipinski definition) is 6. The average Bonchev–Trinajstić information content (AvgIpc) is 3.53. The summed E-state index contributed by atoms with van der Waals surface area (Å²) in [6.07, 6.45) is 4.53. The predicted octanol–water partition coefficient (Wildman–Crippen LogP) is 3.32. The molecule has 1 aromatic carbocycles. The molecule has 0 saturated carbocycles. The Morgan fingerprint density at radius 3 is 2.73 bits per heavy atom. The summed E-state index contributed by atoms with van der Waals surface area (Å²) in [4.78, 5) is 18.0. The number of rotatable bonds is 9. The minimum Gasteiger partial charge on any atom is -0.467 e. The van der Waals surface area contributed by atoms with Crippen LogP contribution in [-0.4, -0.2) is 41.5 Å². The van der Waals surface area contributed by atoms with Crippen LogP contribution in [0.1, 0.15) is 36.8 Å². The molecule has 33 heavy (non-hydrogen) atoms. The number of furan rings is 1. The fraction of sp³-hybridized carbons (Fsp3) is 0.391. The summed E-state index contributed by atoms with van der Waals surface area (Å²) in [7, 11) is -3.96. The van der Waals surface area contributed by atoms with E-state index < -0.39 is 21.4 Å². The van der Waals surface area contributed by atoms with E-state index in [1.54, 1.807) is 27.7 Å². The molecule has 3 aromatic rings. The van der Waals surface area contributed by atoms with Crippen molar-refractivity contribution in [3.8, 4) is 0 Å². The molecule has 0 radical (unpaired) electrons. The third-order valence-electron chi connectivity index (χ3n) is 5.62. The molecule has 1 aliphatic rings. The van der Waals surface area contributed by atoms with Gasteiger partial charge in [0.2, 0.25) is 20.9 Å². The Morgan fingerprint density at radius 2 is 2.06 bits per heavy atom. The van der Waals surface area contributed by atoms with Crippen LogP contribution in [0, 0.1) is 5.82 Å². The van der Waals surface area contributed by atoms with Gasteiger partial charge in [-0.2, -0.15) is 0 Å². The maximum absolute atomic E-state index is 14.1. The lowest BCUT2D eigenvalue weighted by Crippen LogP contribution is -2.30. The molecule has 1 atom stereocenters. The van der Waals surface area contributed by atoms with Crippen molar-refractivity contribution in [1.82, 2.24) is 14.5 Å². The maximum Gasteiger partial charge on any atom is 0.228 e. The van der Waals surface area contributed by atoms with E-state index in [4.69, 9.17) is 9.15 Å². The SMILES string of the molecule is CC(=O)N(Cc1ccco1)Cc1cnc(S(=O)(=O)Cc2ccccc2F)n1C[C@H]1CCCO1. The van der Waals surface area contributed by atoms with Gasteiger partial charge in [-0.15, -0.1) is 0 Å². The molecule has 1 aliphatic heterocycles. The summed E-state index contributed by atoms with van der Waals surface area (Å²) < 4.78 is 53.3. The topological polar surface area (TPSA) is 94.6 Å². The van der Waals surface area contributed by atoms with Crippen LogP contribution in [0.15, 0.2) is 58.4 Å². The van der Waals surface area contributed by atoms with E-state index in [1.165, 1.54) is 37.6 Å². The Kier molecular flexibility index (Phi) is 6.94. The van der Waals surface area contributed by atoms with Gasteiger partial charge in [0.1, 0.15) is 11.6 Å². The zero-order valence-corrected chi connectivity index (χ0v) is 19.1. The van der Waals surface area contributed by atoms with Crippen molar-refractivity contribution in [2.75, 3.05) is 6.61 Å². The van der Waals surface area contributed by atoms with E-state index in [0.29, 0.717) is 18.1 Å². The molecule has 3 heterocycles. The van der Waals surface area contributed by atoms with Gasteiger partial charge in [-0.25, -0.2) is 17.8 Å². The third kappa shape index (κ3) is 5.51. The molecule has 0 N–H and O–H groups in total. The quantitative estimate of drug-likeness (QED) is 0.471. The lowest BCUT2D eigenvalue weighted by atomic mass is 10.2. The lowest BCUT2D eigenvalue weighted by molar-refractivity contribution is -0.130. The molecule has 10 heteroatoms. The Hall–Kier alpha value is -2.98. The van der Waals surface area contributed by atoms with Crippen molar-refractivity contribution in [3.05, 3.63) is 71.7 Å². The normalized spacial score (nSPS) is 16.2. The number of benzene rings is 1. The van der Waals surface area contributed by atoms with Crippen LogP contribution in [0.25, 0.3) is 0 Å². The highest BCUT2D eigenvalue weighted by molar-refractivity contribution is 7.90. The Balaban J connectivity index is 1.65. The summed E-state index contributed by atoms with van der Waals surface area (Å²) in [5, 5.41) is -0.155. The molecule has 1 saturated heterocycles. The second-order valence-electron chi connectivity index (χ2n) is 8.08. The summed E-state index contributed by atoms with van der Waals surface area (Å²) >= 11 is 0. The molecule has 0 aliphatic carbocycles. The maximum atomic E-state index is 14.1. The van der Waals surface area contributed by atoms with Gasteiger partial charge in [0.15, 0.2) is 0 Å². The average molecular weight is 476 g/mol. The first-order valence-electron chi connectivity index (χ1n) is 10.7. The molecule has 0 unspecified atom stereocenters. The molecule has 1 amide bonds. The van der Waals surface area contributed by atoms with Gasteiger partial charge in [-0.05, 0) is 31.0 Å². The highest BCUT2D eigenvalue weighted by atomic mass is 32.2. The number of ether oxygens (including phenoxy) is 1. The third-order valence-corrected chi connectivity index (χ3v) is 7.19. The van der Waals surface area contributed by atoms with Gasteiger partial charge in [-0.1, -0.05) is 18.2 Å². The smallest absolute Gasteiger partial charge is 0.228 e. The summed E-state index contributed by atoms with van der Waals surface area (Å²) in [6, 6.07) is 9.29. The van der Waals surface area contributed by atoms with Crippen LogP contribution >= 0.6 is 0 Å². The van der Waals surface area contributed by atoms with Crippen molar-refractivity contribution >= 4 is 15.7 Å². The van der Waals surface area contributed by atoms with E-state index in [0.717, 1.165) is 12.8 Å². The van der Waals surface area contributed by atoms with Crippen molar-refractivity contribution in [2.45, 2.75) is 56.4 Å². The largest absolute Gasteiger partial charge is 0.467 e. The number of aromatic nitrogens is 2. The Morgan fingerprint density at radius 1 is 1.24 bits per heavy atom. The number of halogens is 1. The van der Waals surface area contributed by atoms with Crippen LogP contribution in [0.3, 0.4) is 0 Å². The summed E-state index contributed by atoms with van der Waals surface area (Å²) in [5.41, 5.74) is 0.633. The number of hydrogen-bond donors (Lipinski definition) is 0. The van der Waals surface area contributed by atoms with Gasteiger partial charge < -0.3 is 18.6 Å². The zero-order chi connectivity index (χ0) is 23.4. The van der Waals surface area contributed by atoms with Crippen LogP contribution in [-0.2, 0) is 44.8 Å². The number of imidazole rings is 1. The highest BCUT2D eigenvalue weighted by Gasteiger charge is 2.28. The molecule has 2 aromatic heterocycles. The number of carbonyl (C=O) groups excluding carboxylic acids is 1. The number of sulfone groups is 1. The van der Waals surface area contributed by atoms with E-state index in [-0.39, 0.29) is 42.4 Å². The second kappa shape index (κ2) is 9.88. The Labute approximate surface area is 191 Å². The molecule has 4 rings (SSSR count). The summed E-state index contributed by atoms with van der Waals surface area (Å²) in [6.45, 7) is 2.73. The van der Waals surface area contributed by atoms with Gasteiger partial charge in [0.25, 0.3) is 0 Å². The first-order chi connectivity index (χ1) is 15.8. The molecule has 8 nitrogen and oxygen atoms in total. The molecule has 0 bridgehead atoms. The summed E-state index contributed by atoms with van der Waals surface area (Å²) in [5.74, 6) is -0.667. The molecular weight excluding hydrogens is 449 g/mol. The fourth-order valence-electron chi connectivity index (χ4n) is 3.90. The monoisotopic (exact) mass is 475 g/mol. The standard InChI is InChI=1S/C23H26FN3O5S/c1-17(28)26(14-20-7-4-10-31-20)13-19-12-25-23(27(19)15-21-8-5-11-32-21)33(29,30)16-18-6-2-3-9-22(18)24/h2-4,6-7,9-10,12,21H,5,8,11,13-16H2,1H3/t21-/m1/s1. The van der Waals surface area contributed by atoms with Crippen LogP contribution < -0.4 is 0 Å². The van der Waals surface area contributed by atoms with Crippen LogP contribution in [0.2, 0.25) is 0 Å². The van der Waals surface area contributed by atoms with Crippen LogP contribution in [0.4, 0.5) is 4.39 Å². The first kappa shape index (κ1) is 23.2. The number of nitrogens with zero attached hydrogens (tertiary/aromatic N) is 3. The van der Waals surface area contributed by atoms with Crippen LogP contribution in [0.5, 0.6) is 0 Å². The van der Waals surface area contributed by atoms with Crippen molar-refractivity contribution in [1.29, 1.82) is 0 Å². The van der Waals surface area contributed by atoms with Gasteiger partial charge in [-0.3, -0.25) is 4.79 Å². The van der Waals surface area contributed by atoms with E-state index in [2.05, 4.69) is 4.98 Å². The van der Waals surface area contributed by atoms with Gasteiger partial charge in [0, 0.05) is 19.1 Å². The van der Waals surface area contributed by atoms with E-state index >= 15 is 0 Å². The second-order valence-corrected chi connectivity index (χ2v) is 9.97. The van der Waals surface area contributed by atoms with E-state index in [9.17, 15) is 17.6 Å². The van der Waals surface area contributed by atoms with Crippen molar-refractivity contribution < 1.29 is 26.8 Å². The molecule has 1 fully saturated rings. The minimum absolute atomic E-state index is 0.0777. The van der Waals surface area contributed by atoms with Gasteiger partial charge >= 0.3 is 0 Å². The van der Waals surface area contributed by atoms with Crippen molar-refractivity contribution in [3.63, 3.8) is 0 Å². The molecule has 0 spiro atoms. The van der Waals surface area contributed by atoms with Crippen molar-refractivity contribution in [2.24, 2.45) is 0 Å². The first-order valence-corrected chi connectivity index (χ1v) is 12.4. The number of carbonyl (C=O) groups is 1. The number of amides is 1. The highest BCUT2D eigenvalue weighted by Crippen LogP contribution is 2.23. The fourth-order valence-corrected chi connectivity index (χ4v) is 5.42. The van der Waals surface area contributed by atoms with E-state index in [1.807, 2.05) is 0 Å². The minimum atomic E-state index is -3.96. The van der Waals surface area contributed by atoms with Gasteiger partial charge in [0.05, 0.1) is 49.6 Å². The predicted molar refractivity (Wildman–Crippen MR) is 117 cm³/mol. The lowest BCUT2D eigenvalue weighted by Gasteiger charge is -2.22. The molecule has 176 valence electrons.